The molecular weight excluding hydrogens is 295 g/mol. The molecule has 1 aliphatic rings. The maximum absolute atomic E-state index is 10.1. The lowest BCUT2D eigenvalue weighted by atomic mass is 10.1. The Kier molecular flexibility index (Phi) is 8.33. The van der Waals surface area contributed by atoms with Gasteiger partial charge in [-0.05, 0) is 24.2 Å². The van der Waals surface area contributed by atoms with Gasteiger partial charge in [0.15, 0.2) is 0 Å². The third kappa shape index (κ3) is 8.23. The van der Waals surface area contributed by atoms with Crippen LogP contribution < -0.4 is 0 Å². The van der Waals surface area contributed by atoms with Gasteiger partial charge in [-0.2, -0.15) is 0 Å². The van der Waals surface area contributed by atoms with E-state index in [0.717, 1.165) is 12.8 Å². The minimum Gasteiger partial charge on any atom is -0.480 e. The summed E-state index contributed by atoms with van der Waals surface area (Å²) >= 11 is 16.3. The van der Waals surface area contributed by atoms with Crippen LogP contribution in [0.2, 0.25) is 0 Å². The number of carbonyl (C=O) groups is 1. The van der Waals surface area contributed by atoms with E-state index in [2.05, 4.69) is 13.8 Å². The van der Waals surface area contributed by atoms with E-state index in [9.17, 15) is 4.79 Å². The molecule has 0 saturated heterocycles. The fourth-order valence-electron chi connectivity index (χ4n) is 1.45. The molecule has 0 aromatic rings. The van der Waals surface area contributed by atoms with Gasteiger partial charge in [0, 0.05) is 0 Å². The van der Waals surface area contributed by atoms with Gasteiger partial charge in [-0.15, -0.1) is 11.6 Å². The third-order valence-electron chi connectivity index (χ3n) is 3.00. The molecule has 2 atom stereocenters. The van der Waals surface area contributed by atoms with Gasteiger partial charge in [-0.25, -0.2) is 0 Å². The summed E-state index contributed by atoms with van der Waals surface area (Å²) in [5.41, 5.74) is 0.453. The Morgan fingerprint density at radius 3 is 2.22 bits per heavy atom. The van der Waals surface area contributed by atoms with Crippen LogP contribution in [-0.4, -0.2) is 16.5 Å². The predicted molar refractivity (Wildman–Crippen MR) is 78.5 cm³/mol. The van der Waals surface area contributed by atoms with Crippen LogP contribution >= 0.6 is 34.8 Å². The lowest BCUT2D eigenvalue weighted by Crippen LogP contribution is -2.12. The van der Waals surface area contributed by atoms with Gasteiger partial charge in [-0.3, -0.25) is 4.79 Å². The van der Waals surface area contributed by atoms with E-state index in [4.69, 9.17) is 39.9 Å². The van der Waals surface area contributed by atoms with Crippen LogP contribution in [0, 0.1) is 11.3 Å². The SMILES string of the molecule is CC1(C)CC1C=C(Cl)Cl.CCCCC(Cl)C(=O)O. The minimum atomic E-state index is -0.912. The zero-order valence-electron chi connectivity index (χ0n) is 11.0. The molecule has 0 amide bonds. The highest BCUT2D eigenvalue weighted by molar-refractivity contribution is 6.55. The number of hydrogen-bond donors (Lipinski definition) is 1. The molecule has 0 aromatic carbocycles. The average Bonchev–Trinajstić information content (AvgIpc) is 2.82. The molecule has 1 saturated carbocycles. The lowest BCUT2D eigenvalue weighted by molar-refractivity contribution is -0.136. The second-order valence-electron chi connectivity index (χ2n) is 5.20. The molecule has 0 aliphatic heterocycles. The Hall–Kier alpha value is 0.0800. The van der Waals surface area contributed by atoms with E-state index in [-0.39, 0.29) is 0 Å². The third-order valence-corrected chi connectivity index (χ3v) is 3.65. The van der Waals surface area contributed by atoms with E-state index in [1.807, 2.05) is 13.0 Å². The monoisotopic (exact) mass is 314 g/mol. The fraction of sp³-hybridized carbons (Fsp3) is 0.769. The molecule has 1 N–H and O–H groups in total. The van der Waals surface area contributed by atoms with Crippen molar-refractivity contribution < 1.29 is 9.90 Å². The van der Waals surface area contributed by atoms with Crippen LogP contribution in [0.3, 0.4) is 0 Å². The van der Waals surface area contributed by atoms with Crippen molar-refractivity contribution in [1.82, 2.24) is 0 Å². The van der Waals surface area contributed by atoms with Crippen molar-refractivity contribution >= 4 is 40.8 Å². The van der Waals surface area contributed by atoms with Gasteiger partial charge in [0.25, 0.3) is 0 Å². The summed E-state index contributed by atoms with van der Waals surface area (Å²) in [6, 6.07) is 0. The molecule has 2 unspecified atom stereocenters. The smallest absolute Gasteiger partial charge is 0.321 e. The van der Waals surface area contributed by atoms with Crippen molar-refractivity contribution in [1.29, 1.82) is 0 Å². The second kappa shape index (κ2) is 8.29. The lowest BCUT2D eigenvalue weighted by Gasteiger charge is -1.99. The molecule has 5 heteroatoms. The van der Waals surface area contributed by atoms with Crippen molar-refractivity contribution in [2.45, 2.75) is 51.8 Å². The van der Waals surface area contributed by atoms with Crippen LogP contribution in [0.5, 0.6) is 0 Å². The maximum atomic E-state index is 10.1. The zero-order valence-corrected chi connectivity index (χ0v) is 13.3. The summed E-state index contributed by atoms with van der Waals surface area (Å²) < 4.78 is 0.408. The zero-order chi connectivity index (χ0) is 14.3. The van der Waals surface area contributed by atoms with Gasteiger partial charge in [0.2, 0.25) is 0 Å². The number of carboxylic acid groups (broad SMARTS) is 1. The molecule has 0 aromatic heterocycles. The molecule has 0 heterocycles. The Morgan fingerprint density at radius 2 is 2.00 bits per heavy atom. The number of carboxylic acids is 1. The molecule has 18 heavy (non-hydrogen) atoms. The number of alkyl halides is 1. The molecule has 0 radical (unpaired) electrons. The van der Waals surface area contributed by atoms with E-state index in [0.29, 0.717) is 22.2 Å². The Bertz CT molecular complexity index is 297. The minimum absolute atomic E-state index is 0.408. The van der Waals surface area contributed by atoms with Crippen molar-refractivity contribution in [2.24, 2.45) is 11.3 Å². The Labute approximate surface area is 124 Å². The Balaban J connectivity index is 0.000000321. The first-order valence-corrected chi connectivity index (χ1v) is 7.29. The van der Waals surface area contributed by atoms with Gasteiger partial charge in [-0.1, -0.05) is 62.9 Å². The molecule has 1 fully saturated rings. The van der Waals surface area contributed by atoms with E-state index in [1.54, 1.807) is 0 Å². The first kappa shape index (κ1) is 18.1. The van der Waals surface area contributed by atoms with Gasteiger partial charge >= 0.3 is 5.97 Å². The number of rotatable bonds is 5. The van der Waals surface area contributed by atoms with Crippen molar-refractivity contribution in [3.05, 3.63) is 10.6 Å². The molecule has 2 nitrogen and oxygen atoms in total. The highest BCUT2D eigenvalue weighted by Gasteiger charge is 2.43. The standard InChI is InChI=1S/C7H10Cl2.C6H11ClO2/c1-7(2)4-5(7)3-6(8)9;1-2-3-4-5(7)6(8)9/h3,5H,4H2,1-2H3;5H,2-4H2,1H3,(H,8,9). The molecule has 0 spiro atoms. The van der Waals surface area contributed by atoms with Gasteiger partial charge in [0.05, 0.1) is 0 Å². The number of aliphatic carboxylic acids is 1. The summed E-state index contributed by atoms with van der Waals surface area (Å²) in [6.07, 6.45) is 5.60. The van der Waals surface area contributed by atoms with E-state index < -0.39 is 11.3 Å². The normalized spacial score (nSPS) is 21.3. The maximum Gasteiger partial charge on any atom is 0.321 e. The number of unbranched alkanes of at least 4 members (excludes halogenated alkanes) is 1. The van der Waals surface area contributed by atoms with Crippen molar-refractivity contribution in [2.75, 3.05) is 0 Å². The molecule has 1 aliphatic carbocycles. The second-order valence-corrected chi connectivity index (χ2v) is 6.74. The van der Waals surface area contributed by atoms with Crippen LogP contribution in [0.1, 0.15) is 46.5 Å². The molecular formula is C13H21Cl3O2. The molecule has 0 bridgehead atoms. The number of allylic oxidation sites excluding steroid dienone is 1. The molecule has 1 rings (SSSR count). The number of hydrogen-bond acceptors (Lipinski definition) is 1. The Morgan fingerprint density at radius 1 is 1.50 bits per heavy atom. The van der Waals surface area contributed by atoms with Crippen LogP contribution in [0.4, 0.5) is 0 Å². The van der Waals surface area contributed by atoms with Crippen LogP contribution in [-0.2, 0) is 4.79 Å². The van der Waals surface area contributed by atoms with Crippen LogP contribution in [0.25, 0.3) is 0 Å². The summed E-state index contributed by atoms with van der Waals surface area (Å²) in [5.74, 6) is -0.299. The van der Waals surface area contributed by atoms with E-state index in [1.165, 1.54) is 6.42 Å². The van der Waals surface area contributed by atoms with E-state index >= 15 is 0 Å². The average molecular weight is 316 g/mol. The van der Waals surface area contributed by atoms with Gasteiger partial charge in [0.1, 0.15) is 9.87 Å². The topological polar surface area (TPSA) is 37.3 Å². The number of halogens is 3. The quantitative estimate of drug-likeness (QED) is 0.706. The van der Waals surface area contributed by atoms with Crippen molar-refractivity contribution in [3.8, 4) is 0 Å². The predicted octanol–water partition coefficient (Wildman–Crippen LogP) is 5.22. The largest absolute Gasteiger partial charge is 0.480 e. The first-order valence-electron chi connectivity index (χ1n) is 6.10. The van der Waals surface area contributed by atoms with Crippen LogP contribution in [0.15, 0.2) is 10.6 Å². The van der Waals surface area contributed by atoms with Gasteiger partial charge < -0.3 is 5.11 Å². The highest BCUT2D eigenvalue weighted by Crippen LogP contribution is 2.53. The fourth-order valence-corrected chi connectivity index (χ4v) is 1.91. The first-order chi connectivity index (χ1) is 8.20. The summed E-state index contributed by atoms with van der Waals surface area (Å²) in [4.78, 5) is 10.1. The summed E-state index contributed by atoms with van der Waals surface area (Å²) in [7, 11) is 0. The summed E-state index contributed by atoms with van der Waals surface area (Å²) in [6.45, 7) is 6.43. The van der Waals surface area contributed by atoms with Crippen molar-refractivity contribution in [3.63, 3.8) is 0 Å². The highest BCUT2D eigenvalue weighted by atomic mass is 35.5. The molecule has 106 valence electrons. The summed E-state index contributed by atoms with van der Waals surface area (Å²) in [5, 5.41) is 7.59.